The predicted octanol–water partition coefficient (Wildman–Crippen LogP) is 3.73. The van der Waals surface area contributed by atoms with E-state index in [9.17, 15) is 18.0 Å². The third-order valence-corrected chi connectivity index (χ3v) is 6.03. The number of aromatic nitrogens is 2. The Morgan fingerprint density at radius 3 is 2.54 bits per heavy atom. The number of thiocarbonyl (C=S) groups is 1. The molecular weight excluding hydrogens is 479 g/mol. The zero-order chi connectivity index (χ0) is 25.8. The van der Waals surface area contributed by atoms with Gasteiger partial charge in [0.25, 0.3) is 5.91 Å². The Hall–Kier alpha value is -2.86. The highest BCUT2D eigenvalue weighted by Crippen LogP contribution is 2.43. The largest absolute Gasteiger partial charge is 0.410 e. The maximum Gasteiger partial charge on any atom is 0.410 e. The van der Waals surface area contributed by atoms with Crippen LogP contribution in [-0.4, -0.2) is 59.1 Å². The summed E-state index contributed by atoms with van der Waals surface area (Å²) in [5, 5.41) is 10.2. The molecular formula is C23H32F3N7OS. The summed E-state index contributed by atoms with van der Waals surface area (Å²) in [5.41, 5.74) is 6.64. The van der Waals surface area contributed by atoms with Crippen LogP contribution in [0.1, 0.15) is 66.3 Å². The summed E-state index contributed by atoms with van der Waals surface area (Å²) in [6.45, 7) is 5.59. The molecule has 0 bridgehead atoms. The molecule has 0 saturated heterocycles. The van der Waals surface area contributed by atoms with E-state index in [2.05, 4.69) is 40.4 Å². The zero-order valence-corrected chi connectivity index (χ0v) is 21.1. The summed E-state index contributed by atoms with van der Waals surface area (Å²) in [6.07, 6.45) is -3.91. The standard InChI is InChI=1S/C23H32F3N7OS/c1-14(2)15-6-8-16(9-7-15)17-12-19(23(24,25)26)33-20(28-17)13-18(31-33)21(34)29-30-22(35)27-10-5-11-32(3)4/h6-9,13-14,17,19,28H,5,10-12H2,1-4H3,(H,29,34)(H2,27,30,35). The first-order valence-corrected chi connectivity index (χ1v) is 11.9. The average Bonchev–Trinajstić information content (AvgIpc) is 3.23. The summed E-state index contributed by atoms with van der Waals surface area (Å²) in [5.74, 6) is -0.237. The SMILES string of the molecule is CC(C)c1ccc(C2CC(C(F)(F)F)n3nc(C(=O)NNC(=S)NCCCN(C)C)cc3N2)cc1. The maximum absolute atomic E-state index is 13.9. The lowest BCUT2D eigenvalue weighted by molar-refractivity contribution is -0.173. The number of carbonyl (C=O) groups excluding carboxylic acids is 1. The summed E-state index contributed by atoms with van der Waals surface area (Å²) in [7, 11) is 3.92. The van der Waals surface area contributed by atoms with E-state index >= 15 is 0 Å². The first-order chi connectivity index (χ1) is 16.5. The van der Waals surface area contributed by atoms with E-state index in [4.69, 9.17) is 12.2 Å². The molecule has 4 N–H and O–H groups in total. The Morgan fingerprint density at radius 1 is 1.26 bits per heavy atom. The van der Waals surface area contributed by atoms with Gasteiger partial charge in [-0.3, -0.25) is 15.6 Å². The van der Waals surface area contributed by atoms with E-state index < -0.39 is 24.2 Å². The van der Waals surface area contributed by atoms with Gasteiger partial charge >= 0.3 is 6.18 Å². The fourth-order valence-corrected chi connectivity index (χ4v) is 3.99. The zero-order valence-electron chi connectivity index (χ0n) is 20.2. The van der Waals surface area contributed by atoms with Gasteiger partial charge in [-0.05, 0) is 56.3 Å². The molecule has 2 heterocycles. The maximum atomic E-state index is 13.9. The van der Waals surface area contributed by atoms with Crippen molar-refractivity contribution in [2.75, 3.05) is 32.5 Å². The Morgan fingerprint density at radius 2 is 1.94 bits per heavy atom. The van der Waals surface area contributed by atoms with E-state index in [1.165, 1.54) is 6.07 Å². The minimum absolute atomic E-state index is 0.131. The summed E-state index contributed by atoms with van der Waals surface area (Å²) in [4.78, 5) is 14.6. The topological polar surface area (TPSA) is 86.2 Å². The van der Waals surface area contributed by atoms with Crippen molar-refractivity contribution in [3.05, 3.63) is 47.2 Å². The molecule has 192 valence electrons. The van der Waals surface area contributed by atoms with Crippen molar-refractivity contribution in [2.24, 2.45) is 0 Å². The van der Waals surface area contributed by atoms with Gasteiger partial charge in [-0.25, -0.2) is 4.68 Å². The van der Waals surface area contributed by atoms with Gasteiger partial charge in [-0.1, -0.05) is 38.1 Å². The third-order valence-electron chi connectivity index (χ3n) is 5.79. The molecule has 1 aromatic carbocycles. The van der Waals surface area contributed by atoms with Crippen molar-refractivity contribution < 1.29 is 18.0 Å². The number of benzene rings is 1. The second-order valence-electron chi connectivity index (χ2n) is 9.16. The Kier molecular flexibility index (Phi) is 8.60. The second-order valence-corrected chi connectivity index (χ2v) is 9.57. The number of fused-ring (bicyclic) bond motifs is 1. The van der Waals surface area contributed by atoms with E-state index in [-0.39, 0.29) is 23.0 Å². The fourth-order valence-electron chi connectivity index (χ4n) is 3.84. The van der Waals surface area contributed by atoms with E-state index in [0.29, 0.717) is 12.5 Å². The lowest BCUT2D eigenvalue weighted by Gasteiger charge is -2.33. The molecule has 1 aromatic heterocycles. The predicted molar refractivity (Wildman–Crippen MR) is 133 cm³/mol. The van der Waals surface area contributed by atoms with Gasteiger partial charge in [-0.2, -0.15) is 18.3 Å². The second kappa shape index (κ2) is 11.3. The molecule has 1 amide bonds. The van der Waals surface area contributed by atoms with Crippen LogP contribution in [0.5, 0.6) is 0 Å². The smallest absolute Gasteiger partial charge is 0.363 e. The van der Waals surface area contributed by atoms with E-state index in [0.717, 1.165) is 28.8 Å². The van der Waals surface area contributed by atoms with Crippen molar-refractivity contribution in [1.82, 2.24) is 30.8 Å². The number of nitrogens with zero attached hydrogens (tertiary/aromatic N) is 3. The van der Waals surface area contributed by atoms with Crippen LogP contribution in [-0.2, 0) is 0 Å². The number of rotatable bonds is 7. The van der Waals surface area contributed by atoms with Crippen LogP contribution in [0, 0.1) is 0 Å². The Balaban J connectivity index is 1.69. The van der Waals surface area contributed by atoms with Crippen LogP contribution >= 0.6 is 12.2 Å². The fraction of sp³-hybridized carbons (Fsp3) is 0.522. The number of carbonyl (C=O) groups is 1. The van der Waals surface area contributed by atoms with Crippen molar-refractivity contribution in [3.63, 3.8) is 0 Å². The molecule has 35 heavy (non-hydrogen) atoms. The highest BCUT2D eigenvalue weighted by Gasteiger charge is 2.46. The molecule has 1 aliphatic rings. The van der Waals surface area contributed by atoms with Gasteiger partial charge in [-0.15, -0.1) is 0 Å². The first-order valence-electron chi connectivity index (χ1n) is 11.5. The highest BCUT2D eigenvalue weighted by atomic mass is 32.1. The van der Waals surface area contributed by atoms with Crippen LogP contribution in [0.15, 0.2) is 30.3 Å². The average molecular weight is 512 g/mol. The van der Waals surface area contributed by atoms with Crippen molar-refractivity contribution >= 4 is 29.1 Å². The van der Waals surface area contributed by atoms with E-state index in [1.807, 2.05) is 43.3 Å². The molecule has 0 fully saturated rings. The van der Waals surface area contributed by atoms with Gasteiger partial charge in [0.2, 0.25) is 0 Å². The van der Waals surface area contributed by atoms with E-state index in [1.54, 1.807) is 0 Å². The molecule has 8 nitrogen and oxygen atoms in total. The summed E-state index contributed by atoms with van der Waals surface area (Å²) in [6, 6.07) is 6.43. The highest BCUT2D eigenvalue weighted by molar-refractivity contribution is 7.80. The normalized spacial score (nSPS) is 17.6. The van der Waals surface area contributed by atoms with Crippen LogP contribution in [0.25, 0.3) is 0 Å². The van der Waals surface area contributed by atoms with Crippen LogP contribution < -0.4 is 21.5 Å². The number of alkyl halides is 3. The monoisotopic (exact) mass is 511 g/mol. The first kappa shape index (κ1) is 26.7. The van der Waals surface area contributed by atoms with Gasteiger partial charge in [0.15, 0.2) is 16.8 Å². The number of hydrogen-bond donors (Lipinski definition) is 4. The van der Waals surface area contributed by atoms with Crippen molar-refractivity contribution in [3.8, 4) is 0 Å². The molecule has 1 aliphatic heterocycles. The number of halogens is 3. The Bertz CT molecular complexity index is 1020. The van der Waals surface area contributed by atoms with Gasteiger partial charge in [0.05, 0.1) is 6.04 Å². The minimum atomic E-state index is -4.52. The number of hydrogen-bond acceptors (Lipinski definition) is 5. The number of hydrazine groups is 1. The lowest BCUT2D eigenvalue weighted by Crippen LogP contribution is -2.47. The van der Waals surface area contributed by atoms with Crippen LogP contribution in [0.3, 0.4) is 0 Å². The molecule has 12 heteroatoms. The molecule has 2 aromatic rings. The van der Waals surface area contributed by atoms with Gasteiger partial charge in [0.1, 0.15) is 5.82 Å². The summed E-state index contributed by atoms with van der Waals surface area (Å²) < 4.78 is 42.6. The van der Waals surface area contributed by atoms with Crippen molar-refractivity contribution in [2.45, 2.75) is 50.9 Å². The van der Waals surface area contributed by atoms with Gasteiger partial charge in [0, 0.05) is 19.0 Å². The third kappa shape index (κ3) is 7.07. The number of nitrogens with one attached hydrogen (secondary N) is 4. The van der Waals surface area contributed by atoms with Crippen LogP contribution in [0.2, 0.25) is 0 Å². The molecule has 2 unspecified atom stereocenters. The van der Waals surface area contributed by atoms with Crippen molar-refractivity contribution in [1.29, 1.82) is 0 Å². The molecule has 3 rings (SSSR count). The molecule has 0 radical (unpaired) electrons. The molecule has 0 saturated carbocycles. The number of amides is 1. The molecule has 0 spiro atoms. The summed E-state index contributed by atoms with van der Waals surface area (Å²) >= 11 is 5.11. The van der Waals surface area contributed by atoms with Gasteiger partial charge < -0.3 is 15.5 Å². The quantitative estimate of drug-likeness (QED) is 0.256. The lowest BCUT2D eigenvalue weighted by atomic mass is 9.94. The molecule has 2 atom stereocenters. The number of anilines is 1. The Labute approximate surface area is 208 Å². The molecule has 0 aliphatic carbocycles. The van der Waals surface area contributed by atoms with Crippen LogP contribution in [0.4, 0.5) is 19.0 Å². The minimum Gasteiger partial charge on any atom is -0.363 e.